The van der Waals surface area contributed by atoms with Crippen LogP contribution in [0.15, 0.2) is 88.7 Å². The lowest BCUT2D eigenvalue weighted by Crippen LogP contribution is -2.23. The molecule has 0 unspecified atom stereocenters. The predicted molar refractivity (Wildman–Crippen MR) is 93.1 cm³/mol. The minimum absolute atomic E-state index is 0.218. The van der Waals surface area contributed by atoms with Crippen LogP contribution in [0.2, 0.25) is 0 Å². The lowest BCUT2D eigenvalue weighted by Gasteiger charge is -2.12. The van der Waals surface area contributed by atoms with Gasteiger partial charge < -0.3 is 5.32 Å². The second-order valence-electron chi connectivity index (χ2n) is 4.42. The number of nitrogens with one attached hydrogen (secondary N) is 1. The summed E-state index contributed by atoms with van der Waals surface area (Å²) in [6, 6.07) is 8.93. The molecule has 0 aromatic heterocycles. The Kier molecular flexibility index (Phi) is 6.44. The van der Waals surface area contributed by atoms with Gasteiger partial charge >= 0.3 is 0 Å². The Bertz CT molecular complexity index is 667. The SMILES string of the molecule is C=C/C(NC(=O)c1ccccc1)=C(/C)C(=C)C(=C)N=CN=C. The van der Waals surface area contributed by atoms with Crippen LogP contribution in [0.4, 0.5) is 0 Å². The van der Waals surface area contributed by atoms with Crippen LogP contribution in [0.1, 0.15) is 17.3 Å². The average molecular weight is 293 g/mol. The van der Waals surface area contributed by atoms with Crippen molar-refractivity contribution in [2.45, 2.75) is 6.92 Å². The molecule has 4 nitrogen and oxygen atoms in total. The monoisotopic (exact) mass is 293 g/mol. The van der Waals surface area contributed by atoms with E-state index in [2.05, 4.69) is 41.8 Å². The molecular formula is C18H19N3O. The van der Waals surface area contributed by atoms with E-state index in [9.17, 15) is 4.79 Å². The summed E-state index contributed by atoms with van der Waals surface area (Å²) in [5.41, 5.74) is 2.88. The average Bonchev–Trinajstić information content (AvgIpc) is 2.56. The minimum Gasteiger partial charge on any atom is -0.322 e. The second-order valence-corrected chi connectivity index (χ2v) is 4.42. The first-order valence-electron chi connectivity index (χ1n) is 6.58. The summed E-state index contributed by atoms with van der Waals surface area (Å²) in [5.74, 6) is -0.218. The molecule has 0 bridgehead atoms. The molecule has 0 heterocycles. The van der Waals surface area contributed by atoms with Crippen molar-refractivity contribution in [3.05, 3.63) is 84.2 Å². The highest BCUT2D eigenvalue weighted by molar-refractivity contribution is 5.95. The van der Waals surface area contributed by atoms with Crippen molar-refractivity contribution in [3.8, 4) is 0 Å². The highest BCUT2D eigenvalue weighted by atomic mass is 16.1. The van der Waals surface area contributed by atoms with Gasteiger partial charge in [0.1, 0.15) is 6.34 Å². The van der Waals surface area contributed by atoms with E-state index < -0.39 is 0 Å². The Morgan fingerprint density at radius 1 is 1.23 bits per heavy atom. The Hall–Kier alpha value is -3.01. The third-order valence-corrected chi connectivity index (χ3v) is 2.99. The fraction of sp³-hybridized carbons (Fsp3) is 0.0556. The second kappa shape index (κ2) is 8.32. The van der Waals surface area contributed by atoms with Crippen molar-refractivity contribution in [2.24, 2.45) is 9.98 Å². The largest absolute Gasteiger partial charge is 0.322 e. The summed E-state index contributed by atoms with van der Waals surface area (Å²) in [7, 11) is 0. The Morgan fingerprint density at radius 3 is 2.41 bits per heavy atom. The smallest absolute Gasteiger partial charge is 0.255 e. The summed E-state index contributed by atoms with van der Waals surface area (Å²) in [6.45, 7) is 16.6. The van der Waals surface area contributed by atoms with E-state index in [1.165, 1.54) is 6.34 Å². The van der Waals surface area contributed by atoms with Crippen LogP contribution in [-0.2, 0) is 0 Å². The number of hydrogen-bond donors (Lipinski definition) is 1. The van der Waals surface area contributed by atoms with Crippen LogP contribution in [-0.4, -0.2) is 19.0 Å². The minimum atomic E-state index is -0.218. The summed E-state index contributed by atoms with van der Waals surface area (Å²) >= 11 is 0. The maximum Gasteiger partial charge on any atom is 0.255 e. The van der Waals surface area contributed by atoms with Crippen LogP contribution in [0, 0.1) is 0 Å². The molecule has 0 fully saturated rings. The predicted octanol–water partition coefficient (Wildman–Crippen LogP) is 3.68. The zero-order valence-electron chi connectivity index (χ0n) is 12.7. The zero-order chi connectivity index (χ0) is 16.5. The molecule has 0 atom stereocenters. The number of allylic oxidation sites excluding steroid dienone is 2. The zero-order valence-corrected chi connectivity index (χ0v) is 12.7. The number of carbonyl (C=O) groups is 1. The van der Waals surface area contributed by atoms with Gasteiger partial charge in [0.25, 0.3) is 5.91 Å². The molecule has 0 radical (unpaired) electrons. The Balaban J connectivity index is 2.98. The molecule has 0 aliphatic rings. The molecule has 0 aliphatic heterocycles. The van der Waals surface area contributed by atoms with Gasteiger partial charge in [-0.2, -0.15) is 0 Å². The maximum absolute atomic E-state index is 12.2. The molecule has 0 spiro atoms. The van der Waals surface area contributed by atoms with E-state index in [-0.39, 0.29) is 5.91 Å². The summed E-state index contributed by atoms with van der Waals surface area (Å²) in [4.78, 5) is 19.7. The molecule has 4 heteroatoms. The maximum atomic E-state index is 12.2. The first kappa shape index (κ1) is 17.0. The third kappa shape index (κ3) is 4.52. The van der Waals surface area contributed by atoms with Crippen molar-refractivity contribution in [1.82, 2.24) is 5.32 Å². The molecule has 22 heavy (non-hydrogen) atoms. The summed E-state index contributed by atoms with van der Waals surface area (Å²) in [6.07, 6.45) is 2.85. The number of carbonyl (C=O) groups excluding carboxylic acids is 1. The van der Waals surface area contributed by atoms with Crippen LogP contribution in [0.3, 0.4) is 0 Å². The molecule has 1 N–H and O–H groups in total. The van der Waals surface area contributed by atoms with Gasteiger partial charge in [-0.25, -0.2) is 4.99 Å². The number of hydrogen-bond acceptors (Lipinski definition) is 2. The van der Waals surface area contributed by atoms with Crippen molar-refractivity contribution in [3.63, 3.8) is 0 Å². The Labute approximate surface area is 131 Å². The van der Waals surface area contributed by atoms with Gasteiger partial charge in [-0.05, 0) is 43.0 Å². The quantitative estimate of drug-likeness (QED) is 0.465. The fourth-order valence-corrected chi connectivity index (χ4v) is 1.65. The molecule has 0 aliphatic carbocycles. The highest BCUT2D eigenvalue weighted by Crippen LogP contribution is 2.19. The Morgan fingerprint density at radius 2 is 1.86 bits per heavy atom. The topological polar surface area (TPSA) is 53.8 Å². The molecular weight excluding hydrogens is 274 g/mol. The van der Waals surface area contributed by atoms with Crippen molar-refractivity contribution < 1.29 is 4.79 Å². The number of nitrogens with zero attached hydrogens (tertiary/aromatic N) is 2. The van der Waals surface area contributed by atoms with Crippen LogP contribution in [0.5, 0.6) is 0 Å². The van der Waals surface area contributed by atoms with Gasteiger partial charge in [-0.1, -0.05) is 37.9 Å². The summed E-state index contributed by atoms with van der Waals surface area (Å²) in [5, 5.41) is 2.81. The van der Waals surface area contributed by atoms with E-state index >= 15 is 0 Å². The summed E-state index contributed by atoms with van der Waals surface area (Å²) < 4.78 is 0. The molecule has 1 aromatic carbocycles. The van der Waals surface area contributed by atoms with Gasteiger partial charge in [-0.15, -0.1) is 0 Å². The van der Waals surface area contributed by atoms with Crippen molar-refractivity contribution in [2.75, 3.05) is 0 Å². The van der Waals surface area contributed by atoms with E-state index in [1.807, 2.05) is 13.0 Å². The first-order valence-corrected chi connectivity index (χ1v) is 6.58. The van der Waals surface area contributed by atoms with Crippen molar-refractivity contribution >= 4 is 19.0 Å². The standard InChI is InChI=1S/C18H19N3O/c1-6-17(14(3)13(2)15(4)20-12-19-5)21-18(22)16-10-8-7-9-11-16/h6-12H,1-2,4-5H2,3H3,(H,21,22)/b17-14+,20-12?. The number of aliphatic imine (C=N–C) groups is 2. The normalized spacial score (nSPS) is 11.5. The lowest BCUT2D eigenvalue weighted by atomic mass is 10.0. The van der Waals surface area contributed by atoms with Gasteiger partial charge in [0.2, 0.25) is 0 Å². The number of amides is 1. The highest BCUT2D eigenvalue weighted by Gasteiger charge is 2.10. The lowest BCUT2D eigenvalue weighted by molar-refractivity contribution is 0.0967. The number of rotatable bonds is 7. The van der Waals surface area contributed by atoms with E-state index in [1.54, 1.807) is 30.3 Å². The molecule has 1 amide bonds. The first-order chi connectivity index (χ1) is 10.5. The van der Waals surface area contributed by atoms with Crippen LogP contribution in [0.25, 0.3) is 0 Å². The molecule has 1 rings (SSSR count). The van der Waals surface area contributed by atoms with Crippen molar-refractivity contribution in [1.29, 1.82) is 0 Å². The van der Waals surface area contributed by atoms with E-state index in [4.69, 9.17) is 0 Å². The van der Waals surface area contributed by atoms with Crippen LogP contribution >= 0.6 is 0 Å². The fourth-order valence-electron chi connectivity index (χ4n) is 1.65. The molecule has 0 saturated carbocycles. The van der Waals surface area contributed by atoms with Crippen LogP contribution < -0.4 is 5.32 Å². The molecule has 0 saturated heterocycles. The third-order valence-electron chi connectivity index (χ3n) is 2.99. The number of benzene rings is 1. The van der Waals surface area contributed by atoms with E-state index in [0.29, 0.717) is 22.5 Å². The van der Waals surface area contributed by atoms with Gasteiger partial charge in [-0.3, -0.25) is 9.79 Å². The van der Waals surface area contributed by atoms with E-state index in [0.717, 1.165) is 5.57 Å². The molecule has 112 valence electrons. The van der Waals surface area contributed by atoms with Gasteiger partial charge in [0.05, 0.1) is 5.70 Å². The molecule has 1 aromatic rings. The van der Waals surface area contributed by atoms with Gasteiger partial charge in [0, 0.05) is 11.3 Å². The van der Waals surface area contributed by atoms with Gasteiger partial charge in [0.15, 0.2) is 0 Å².